The van der Waals surface area contributed by atoms with E-state index in [9.17, 15) is 17.6 Å². The number of sulfonamides is 1. The number of carbonyl (C=O) groups is 1. The van der Waals surface area contributed by atoms with Crippen LogP contribution in [0.3, 0.4) is 0 Å². The van der Waals surface area contributed by atoms with E-state index in [0.29, 0.717) is 10.7 Å². The largest absolute Gasteiger partial charge is 0.442 e. The summed E-state index contributed by atoms with van der Waals surface area (Å²) in [6.07, 6.45) is 0.935. The van der Waals surface area contributed by atoms with Gasteiger partial charge < -0.3 is 4.74 Å². The molecular weight excluding hydrogens is 405 g/mol. The van der Waals surface area contributed by atoms with Gasteiger partial charge in [0.25, 0.3) is 10.0 Å². The van der Waals surface area contributed by atoms with Gasteiger partial charge in [-0.05, 0) is 26.3 Å². The fraction of sp³-hybridized carbons (Fsp3) is 0.400. The lowest BCUT2D eigenvalue weighted by Crippen LogP contribution is -2.42. The van der Waals surface area contributed by atoms with Gasteiger partial charge in [0.05, 0.1) is 16.7 Å². The summed E-state index contributed by atoms with van der Waals surface area (Å²) in [5.74, 6) is -1.15. The van der Waals surface area contributed by atoms with Gasteiger partial charge in [-0.3, -0.25) is 0 Å². The van der Waals surface area contributed by atoms with Crippen LogP contribution in [0.25, 0.3) is 0 Å². The highest BCUT2D eigenvalue weighted by Gasteiger charge is 2.37. The summed E-state index contributed by atoms with van der Waals surface area (Å²) in [5.41, 5.74) is 0.493. The van der Waals surface area contributed by atoms with E-state index in [4.69, 9.17) is 16.3 Å². The van der Waals surface area contributed by atoms with Crippen LogP contribution in [-0.4, -0.2) is 30.1 Å². The lowest BCUT2D eigenvalue weighted by Gasteiger charge is -2.28. The van der Waals surface area contributed by atoms with Crippen molar-refractivity contribution in [1.29, 1.82) is 0 Å². The number of aromatic nitrogens is 2. The standard InChI is InChI=1S/C15H17ClFN3O4S2/c1-4-5-15(2,3)24-14(21)20(12-8-25-9-19-12)26(22,23)10-6-11(16)13(17)18-7-10/h6-9H,4-5H2,1-3H3. The summed E-state index contributed by atoms with van der Waals surface area (Å²) in [6.45, 7) is 5.27. The number of nitrogens with zero attached hydrogens (tertiary/aromatic N) is 3. The van der Waals surface area contributed by atoms with Gasteiger partial charge in [0.2, 0.25) is 5.95 Å². The summed E-state index contributed by atoms with van der Waals surface area (Å²) in [6, 6.07) is 0.878. The van der Waals surface area contributed by atoms with E-state index < -0.39 is 37.6 Å². The number of anilines is 1. The molecule has 0 bridgehead atoms. The number of ether oxygens (including phenoxy) is 1. The fourth-order valence-electron chi connectivity index (χ4n) is 2.20. The average Bonchev–Trinajstić information content (AvgIpc) is 3.02. The van der Waals surface area contributed by atoms with Crippen molar-refractivity contribution >= 4 is 44.9 Å². The second-order valence-electron chi connectivity index (χ2n) is 5.94. The van der Waals surface area contributed by atoms with Crippen LogP contribution in [0.5, 0.6) is 0 Å². The molecule has 0 atom stereocenters. The molecule has 0 radical (unpaired) electrons. The predicted octanol–water partition coefficient (Wildman–Crippen LogP) is 4.24. The molecule has 0 N–H and O–H groups in total. The third kappa shape index (κ3) is 4.49. The van der Waals surface area contributed by atoms with Crippen LogP contribution >= 0.6 is 22.9 Å². The van der Waals surface area contributed by atoms with Gasteiger partial charge in [-0.1, -0.05) is 24.9 Å². The van der Waals surface area contributed by atoms with Crippen molar-refractivity contribution in [3.63, 3.8) is 0 Å². The van der Waals surface area contributed by atoms with E-state index in [1.165, 1.54) is 10.9 Å². The third-order valence-corrected chi connectivity index (χ3v) is 5.79. The first-order chi connectivity index (χ1) is 12.1. The normalized spacial score (nSPS) is 12.0. The minimum atomic E-state index is -4.46. The minimum Gasteiger partial charge on any atom is -0.442 e. The Bertz CT molecular complexity index is 888. The van der Waals surface area contributed by atoms with Gasteiger partial charge in [-0.25, -0.2) is 23.2 Å². The highest BCUT2D eigenvalue weighted by Crippen LogP contribution is 2.28. The lowest BCUT2D eigenvalue weighted by atomic mass is 10.0. The molecule has 0 fully saturated rings. The topological polar surface area (TPSA) is 89.5 Å². The summed E-state index contributed by atoms with van der Waals surface area (Å²) < 4.78 is 45.0. The van der Waals surface area contributed by atoms with E-state index in [0.717, 1.165) is 30.0 Å². The van der Waals surface area contributed by atoms with Crippen LogP contribution in [0.4, 0.5) is 15.0 Å². The molecule has 1 amide bonds. The van der Waals surface area contributed by atoms with Crippen LogP contribution in [0.2, 0.25) is 5.02 Å². The Balaban J connectivity index is 2.48. The zero-order chi connectivity index (χ0) is 19.5. The average molecular weight is 422 g/mol. The molecule has 11 heteroatoms. The molecule has 0 aliphatic carbocycles. The van der Waals surface area contributed by atoms with Crippen LogP contribution in [0.1, 0.15) is 33.6 Å². The quantitative estimate of drug-likeness (QED) is 0.648. The van der Waals surface area contributed by atoms with Gasteiger partial charge in [0, 0.05) is 5.38 Å². The number of pyridine rings is 1. The predicted molar refractivity (Wildman–Crippen MR) is 96.5 cm³/mol. The van der Waals surface area contributed by atoms with Crippen molar-refractivity contribution in [3.05, 3.63) is 34.1 Å². The molecule has 0 saturated heterocycles. The SMILES string of the molecule is CCCC(C)(C)OC(=O)N(c1cscn1)S(=O)(=O)c1cnc(F)c(Cl)c1. The van der Waals surface area contributed by atoms with Crippen LogP contribution in [0, 0.1) is 5.95 Å². The Morgan fingerprint density at radius 3 is 2.65 bits per heavy atom. The minimum absolute atomic E-state index is 0.132. The summed E-state index contributed by atoms with van der Waals surface area (Å²) >= 11 is 6.73. The Hall–Kier alpha value is -1.78. The van der Waals surface area contributed by atoms with Crippen molar-refractivity contribution < 1.29 is 22.3 Å². The first-order valence-corrected chi connectivity index (χ1v) is 10.3. The van der Waals surface area contributed by atoms with Gasteiger partial charge in [-0.15, -0.1) is 15.6 Å². The Labute approximate surface area is 159 Å². The summed E-state index contributed by atoms with van der Waals surface area (Å²) in [7, 11) is -4.46. The number of carbonyl (C=O) groups excluding carboxylic acids is 1. The van der Waals surface area contributed by atoms with Gasteiger partial charge in [0.1, 0.15) is 10.5 Å². The number of rotatable bonds is 6. The van der Waals surface area contributed by atoms with Crippen LogP contribution in [0.15, 0.2) is 28.0 Å². The fourth-order valence-corrected chi connectivity index (χ4v) is 4.26. The molecule has 0 aliphatic rings. The number of thiazole rings is 1. The van der Waals surface area contributed by atoms with Gasteiger partial charge >= 0.3 is 6.09 Å². The number of amides is 1. The molecule has 0 unspecified atom stereocenters. The van der Waals surface area contributed by atoms with Crippen molar-refractivity contribution in [1.82, 2.24) is 9.97 Å². The molecule has 0 aromatic carbocycles. The zero-order valence-electron chi connectivity index (χ0n) is 14.3. The second kappa shape index (κ2) is 7.85. The zero-order valence-corrected chi connectivity index (χ0v) is 16.7. The highest BCUT2D eigenvalue weighted by molar-refractivity contribution is 7.93. The molecule has 2 aromatic rings. The van der Waals surface area contributed by atoms with Crippen molar-refractivity contribution in [2.24, 2.45) is 0 Å². The summed E-state index contributed by atoms with van der Waals surface area (Å²) in [4.78, 5) is 19.4. The first-order valence-electron chi connectivity index (χ1n) is 7.56. The van der Waals surface area contributed by atoms with Gasteiger partial charge in [-0.2, -0.15) is 4.39 Å². The molecule has 2 aromatic heterocycles. The molecule has 2 heterocycles. The van der Waals surface area contributed by atoms with Crippen molar-refractivity contribution in [2.75, 3.05) is 4.31 Å². The highest BCUT2D eigenvalue weighted by atomic mass is 35.5. The van der Waals surface area contributed by atoms with E-state index in [1.807, 2.05) is 6.92 Å². The number of halogens is 2. The first kappa shape index (κ1) is 20.5. The molecule has 2 rings (SSSR count). The Morgan fingerprint density at radius 2 is 2.12 bits per heavy atom. The molecule has 142 valence electrons. The molecular formula is C15H17ClFN3O4S2. The third-order valence-electron chi connectivity index (χ3n) is 3.32. The van der Waals surface area contributed by atoms with Crippen LogP contribution in [-0.2, 0) is 14.8 Å². The molecule has 7 nitrogen and oxygen atoms in total. The molecule has 0 saturated carbocycles. The van der Waals surface area contributed by atoms with Gasteiger partial charge in [0.15, 0.2) is 5.82 Å². The lowest BCUT2D eigenvalue weighted by molar-refractivity contribution is 0.0394. The van der Waals surface area contributed by atoms with E-state index in [-0.39, 0.29) is 5.82 Å². The maximum absolute atomic E-state index is 13.3. The monoisotopic (exact) mass is 421 g/mol. The number of hydrogen-bond donors (Lipinski definition) is 0. The Kier molecular flexibility index (Phi) is 6.20. The maximum Gasteiger partial charge on any atom is 0.430 e. The van der Waals surface area contributed by atoms with E-state index in [2.05, 4.69) is 9.97 Å². The molecule has 0 aliphatic heterocycles. The van der Waals surface area contributed by atoms with E-state index >= 15 is 0 Å². The van der Waals surface area contributed by atoms with Crippen molar-refractivity contribution in [2.45, 2.75) is 44.1 Å². The van der Waals surface area contributed by atoms with E-state index in [1.54, 1.807) is 13.8 Å². The van der Waals surface area contributed by atoms with Crippen molar-refractivity contribution in [3.8, 4) is 0 Å². The molecule has 26 heavy (non-hydrogen) atoms. The second-order valence-corrected chi connectivity index (χ2v) is 8.85. The number of hydrogen-bond acceptors (Lipinski definition) is 7. The Morgan fingerprint density at radius 1 is 1.42 bits per heavy atom. The van der Waals surface area contributed by atoms with Crippen LogP contribution < -0.4 is 4.31 Å². The summed E-state index contributed by atoms with van der Waals surface area (Å²) in [5, 5.41) is 0.897. The molecule has 0 spiro atoms. The maximum atomic E-state index is 13.3. The smallest absolute Gasteiger partial charge is 0.430 e.